The van der Waals surface area contributed by atoms with E-state index in [9.17, 15) is 19.5 Å². The normalized spacial score (nSPS) is 19.8. The number of amides is 2. The number of carboxylic acid groups (broad SMARTS) is 1. The van der Waals surface area contributed by atoms with E-state index in [1.807, 2.05) is 0 Å². The number of ether oxygens (including phenoxy) is 1. The fourth-order valence-corrected chi connectivity index (χ4v) is 3.13. The summed E-state index contributed by atoms with van der Waals surface area (Å²) in [6, 6.07) is 5.79. The summed E-state index contributed by atoms with van der Waals surface area (Å²) in [7, 11) is 0. The number of hydrogen-bond acceptors (Lipinski definition) is 4. The van der Waals surface area contributed by atoms with Crippen molar-refractivity contribution in [2.45, 2.75) is 38.1 Å². The van der Waals surface area contributed by atoms with E-state index >= 15 is 0 Å². The second kappa shape index (κ2) is 8.31. The van der Waals surface area contributed by atoms with Gasteiger partial charge in [0.2, 0.25) is 5.91 Å². The molecule has 1 saturated carbocycles. The van der Waals surface area contributed by atoms with Crippen LogP contribution in [0.25, 0.3) is 0 Å². The van der Waals surface area contributed by atoms with Crippen LogP contribution in [0.3, 0.4) is 0 Å². The van der Waals surface area contributed by atoms with E-state index in [0.717, 1.165) is 12.8 Å². The van der Waals surface area contributed by atoms with Gasteiger partial charge in [-0.05, 0) is 56.2 Å². The van der Waals surface area contributed by atoms with Crippen molar-refractivity contribution >= 4 is 23.5 Å². The van der Waals surface area contributed by atoms with Gasteiger partial charge >= 0.3 is 5.97 Å². The summed E-state index contributed by atoms with van der Waals surface area (Å²) in [5, 5.41) is 12.1. The summed E-state index contributed by atoms with van der Waals surface area (Å²) in [6.45, 7) is 1.03. The predicted molar refractivity (Wildman–Crippen MR) is 94.9 cm³/mol. The van der Waals surface area contributed by atoms with Crippen LogP contribution in [0.5, 0.6) is 0 Å². The van der Waals surface area contributed by atoms with Gasteiger partial charge in [0.15, 0.2) is 0 Å². The number of nitrogens with zero attached hydrogens (tertiary/aromatic N) is 1. The highest BCUT2D eigenvalue weighted by Gasteiger charge is 2.32. The third kappa shape index (κ3) is 4.82. The Bertz CT molecular complexity index is 686. The lowest BCUT2D eigenvalue weighted by Crippen LogP contribution is -2.48. The van der Waals surface area contributed by atoms with Crippen molar-refractivity contribution in [3.63, 3.8) is 0 Å². The number of piperidine rings is 1. The van der Waals surface area contributed by atoms with Gasteiger partial charge in [-0.3, -0.25) is 9.59 Å². The van der Waals surface area contributed by atoms with Gasteiger partial charge in [-0.15, -0.1) is 0 Å². The quantitative estimate of drug-likeness (QED) is 0.777. The minimum atomic E-state index is -0.977. The highest BCUT2D eigenvalue weighted by Crippen LogP contribution is 2.28. The smallest absolute Gasteiger partial charge is 0.326 e. The molecule has 140 valence electrons. The van der Waals surface area contributed by atoms with E-state index < -0.39 is 12.0 Å². The summed E-state index contributed by atoms with van der Waals surface area (Å²) in [5.41, 5.74) is 0.870. The Balaban J connectivity index is 1.60. The molecule has 2 aliphatic rings. The van der Waals surface area contributed by atoms with Crippen LogP contribution in [0, 0.1) is 5.92 Å². The first-order valence-corrected chi connectivity index (χ1v) is 9.06. The Hall–Kier alpha value is -2.41. The van der Waals surface area contributed by atoms with Crippen molar-refractivity contribution in [2.24, 2.45) is 5.92 Å². The lowest BCUT2D eigenvalue weighted by atomic mass is 10.0. The average molecular weight is 360 g/mol. The third-order valence-electron chi connectivity index (χ3n) is 4.73. The van der Waals surface area contributed by atoms with Crippen molar-refractivity contribution in [1.29, 1.82) is 0 Å². The molecule has 0 radical (unpaired) electrons. The first-order chi connectivity index (χ1) is 12.5. The first kappa shape index (κ1) is 18.4. The van der Waals surface area contributed by atoms with Gasteiger partial charge in [0.1, 0.15) is 12.6 Å². The van der Waals surface area contributed by atoms with E-state index in [2.05, 4.69) is 5.32 Å². The molecule has 1 atom stereocenters. The second-order valence-corrected chi connectivity index (χ2v) is 6.94. The van der Waals surface area contributed by atoms with Gasteiger partial charge in [-0.2, -0.15) is 0 Å². The summed E-state index contributed by atoms with van der Waals surface area (Å²) in [4.78, 5) is 37.5. The molecule has 26 heavy (non-hydrogen) atoms. The zero-order valence-electron chi connectivity index (χ0n) is 14.6. The number of nitrogens with one attached hydrogen (secondary N) is 1. The van der Waals surface area contributed by atoms with Gasteiger partial charge < -0.3 is 20.1 Å². The van der Waals surface area contributed by atoms with E-state index in [1.54, 1.807) is 24.3 Å². The maximum atomic E-state index is 12.7. The summed E-state index contributed by atoms with van der Waals surface area (Å²) >= 11 is 0. The van der Waals surface area contributed by atoms with Gasteiger partial charge in [0, 0.05) is 17.8 Å². The van der Waals surface area contributed by atoms with Crippen LogP contribution >= 0.6 is 0 Å². The molecule has 1 unspecified atom stereocenters. The lowest BCUT2D eigenvalue weighted by Gasteiger charge is -2.33. The maximum absolute atomic E-state index is 12.7. The van der Waals surface area contributed by atoms with Gasteiger partial charge in [0.25, 0.3) is 5.91 Å². The molecule has 0 bridgehead atoms. The molecule has 1 saturated heterocycles. The predicted octanol–water partition coefficient (Wildman–Crippen LogP) is 2.13. The summed E-state index contributed by atoms with van der Waals surface area (Å²) in [5.74, 6) is -0.972. The molecular formula is C19H24N2O5. The lowest BCUT2D eigenvalue weighted by molar-refractivity contribution is -0.143. The van der Waals surface area contributed by atoms with Crippen molar-refractivity contribution < 1.29 is 24.2 Å². The van der Waals surface area contributed by atoms with Crippen molar-refractivity contribution in [3.8, 4) is 0 Å². The van der Waals surface area contributed by atoms with Crippen LogP contribution in [0.15, 0.2) is 24.3 Å². The fraction of sp³-hybridized carbons (Fsp3) is 0.526. The molecule has 1 aliphatic carbocycles. The Labute approximate surface area is 152 Å². The highest BCUT2D eigenvalue weighted by atomic mass is 16.5. The van der Waals surface area contributed by atoms with Gasteiger partial charge in [-0.1, -0.05) is 6.07 Å². The molecule has 2 amide bonds. The Morgan fingerprint density at radius 3 is 2.73 bits per heavy atom. The van der Waals surface area contributed by atoms with Crippen molar-refractivity contribution in [1.82, 2.24) is 4.90 Å². The molecule has 1 aromatic carbocycles. The molecule has 3 rings (SSSR count). The number of hydrogen-bond donors (Lipinski definition) is 2. The number of carbonyl (C=O) groups is 3. The first-order valence-electron chi connectivity index (χ1n) is 9.06. The third-order valence-corrected chi connectivity index (χ3v) is 4.73. The Morgan fingerprint density at radius 2 is 2.00 bits per heavy atom. The number of carboxylic acids is 1. The number of carbonyl (C=O) groups excluding carboxylic acids is 2. The van der Waals surface area contributed by atoms with E-state index in [1.165, 1.54) is 17.7 Å². The molecule has 1 aromatic rings. The van der Waals surface area contributed by atoms with Gasteiger partial charge in [-0.25, -0.2) is 4.79 Å². The average Bonchev–Trinajstić information content (AvgIpc) is 3.45. The number of benzene rings is 1. The van der Waals surface area contributed by atoms with Crippen LogP contribution in [0.4, 0.5) is 5.69 Å². The molecular weight excluding hydrogens is 336 g/mol. The van der Waals surface area contributed by atoms with Crippen LogP contribution in [0.1, 0.15) is 42.5 Å². The van der Waals surface area contributed by atoms with E-state index in [-0.39, 0.29) is 18.4 Å². The standard InChI is InChI=1S/C19H24N2O5/c22-17(12-26-11-13-7-8-13)20-15-5-3-4-14(10-15)18(23)21-9-2-1-6-16(21)19(24)25/h3-5,10,13,16H,1-2,6-9,11-12H2,(H,20,22)(H,24,25). The van der Waals surface area contributed by atoms with Crippen molar-refractivity contribution in [2.75, 3.05) is 25.1 Å². The topological polar surface area (TPSA) is 95.9 Å². The molecule has 0 spiro atoms. The van der Waals surface area contributed by atoms with Crippen LogP contribution in [-0.2, 0) is 14.3 Å². The molecule has 7 heteroatoms. The van der Waals surface area contributed by atoms with E-state index in [0.29, 0.717) is 36.7 Å². The minimum Gasteiger partial charge on any atom is -0.480 e. The molecule has 1 heterocycles. The van der Waals surface area contributed by atoms with Crippen molar-refractivity contribution in [3.05, 3.63) is 29.8 Å². The zero-order valence-corrected chi connectivity index (χ0v) is 14.6. The number of rotatable bonds is 7. The molecule has 2 fully saturated rings. The number of aliphatic carboxylic acids is 1. The fourth-order valence-electron chi connectivity index (χ4n) is 3.13. The minimum absolute atomic E-state index is 0.0120. The largest absolute Gasteiger partial charge is 0.480 e. The monoisotopic (exact) mass is 360 g/mol. The van der Waals surface area contributed by atoms with E-state index in [4.69, 9.17) is 4.74 Å². The molecule has 2 N–H and O–H groups in total. The highest BCUT2D eigenvalue weighted by molar-refractivity contribution is 5.99. The van der Waals surface area contributed by atoms with Gasteiger partial charge in [0.05, 0.1) is 6.61 Å². The molecule has 7 nitrogen and oxygen atoms in total. The summed E-state index contributed by atoms with van der Waals surface area (Å²) in [6.07, 6.45) is 4.40. The molecule has 1 aliphatic heterocycles. The number of likely N-dealkylation sites (tertiary alicyclic amines) is 1. The Morgan fingerprint density at radius 1 is 1.19 bits per heavy atom. The SMILES string of the molecule is O=C(COCC1CC1)Nc1cccc(C(=O)N2CCCCC2C(=O)O)c1. The Kier molecular flexibility index (Phi) is 5.88. The molecule has 0 aromatic heterocycles. The summed E-state index contributed by atoms with van der Waals surface area (Å²) < 4.78 is 5.35. The maximum Gasteiger partial charge on any atom is 0.326 e. The van der Waals surface area contributed by atoms with Crippen LogP contribution < -0.4 is 5.32 Å². The van der Waals surface area contributed by atoms with Crippen LogP contribution in [0.2, 0.25) is 0 Å². The van der Waals surface area contributed by atoms with Crippen LogP contribution in [-0.4, -0.2) is 53.6 Å². The zero-order chi connectivity index (χ0) is 18.5. The second-order valence-electron chi connectivity index (χ2n) is 6.94. The number of anilines is 1.